The topological polar surface area (TPSA) is 58.6 Å². The summed E-state index contributed by atoms with van der Waals surface area (Å²) in [4.78, 5) is 25.4. The number of piperazine rings is 1. The van der Waals surface area contributed by atoms with E-state index < -0.39 is 6.04 Å². The second kappa shape index (κ2) is 7.28. The summed E-state index contributed by atoms with van der Waals surface area (Å²) in [5.41, 5.74) is 0.945. The van der Waals surface area contributed by atoms with Crippen LogP contribution in [0.5, 0.6) is 0 Å². The highest BCUT2D eigenvalue weighted by Crippen LogP contribution is 2.14. The monoisotopic (exact) mass is 268 g/mol. The van der Waals surface area contributed by atoms with Gasteiger partial charge in [0.2, 0.25) is 11.8 Å². The van der Waals surface area contributed by atoms with Crippen molar-refractivity contribution in [3.63, 3.8) is 0 Å². The molecule has 0 radical (unpaired) electrons. The minimum Gasteiger partial charge on any atom is -0.375 e. The summed E-state index contributed by atoms with van der Waals surface area (Å²) in [5.74, 6) is 0.0493. The van der Waals surface area contributed by atoms with E-state index >= 15 is 0 Å². The molecule has 1 aliphatic heterocycles. The number of ether oxygens (including phenoxy) is 1. The lowest BCUT2D eigenvalue weighted by Crippen LogP contribution is -2.60. The molecule has 0 aromatic heterocycles. The molecule has 1 aliphatic rings. The van der Waals surface area contributed by atoms with Crippen LogP contribution in [0.15, 0.2) is 12.2 Å². The van der Waals surface area contributed by atoms with Crippen LogP contribution < -0.4 is 5.32 Å². The molecule has 2 amide bonds. The van der Waals surface area contributed by atoms with Gasteiger partial charge < -0.3 is 15.0 Å². The number of carbonyl (C=O) groups excluding carboxylic acids is 2. The van der Waals surface area contributed by atoms with Crippen molar-refractivity contribution in [3.05, 3.63) is 12.2 Å². The lowest BCUT2D eigenvalue weighted by Gasteiger charge is -2.35. The smallest absolute Gasteiger partial charge is 0.245 e. The van der Waals surface area contributed by atoms with Gasteiger partial charge >= 0.3 is 0 Å². The molecular weight excluding hydrogens is 244 g/mol. The first kappa shape index (κ1) is 15.7. The zero-order valence-corrected chi connectivity index (χ0v) is 12.1. The van der Waals surface area contributed by atoms with Crippen LogP contribution in [0.3, 0.4) is 0 Å². The molecular formula is C14H24N2O3. The molecule has 0 saturated carbocycles. The van der Waals surface area contributed by atoms with Crippen LogP contribution in [-0.2, 0) is 14.3 Å². The van der Waals surface area contributed by atoms with Crippen LogP contribution in [0.4, 0.5) is 0 Å². The van der Waals surface area contributed by atoms with E-state index in [0.717, 1.165) is 12.0 Å². The van der Waals surface area contributed by atoms with E-state index in [2.05, 4.69) is 11.9 Å². The molecule has 0 spiro atoms. The second-order valence-corrected chi connectivity index (χ2v) is 5.20. The van der Waals surface area contributed by atoms with Crippen molar-refractivity contribution >= 4 is 11.8 Å². The zero-order valence-electron chi connectivity index (χ0n) is 12.1. The van der Waals surface area contributed by atoms with Crippen molar-refractivity contribution in [2.24, 2.45) is 5.92 Å². The molecule has 5 heteroatoms. The Bertz CT molecular complexity index is 355. The van der Waals surface area contributed by atoms with Gasteiger partial charge in [-0.3, -0.25) is 9.59 Å². The molecule has 1 rings (SSSR count). The Balaban J connectivity index is 2.50. The van der Waals surface area contributed by atoms with Gasteiger partial charge in [-0.1, -0.05) is 32.4 Å². The Morgan fingerprint density at radius 3 is 2.84 bits per heavy atom. The highest BCUT2D eigenvalue weighted by atomic mass is 16.5. The molecule has 1 fully saturated rings. The van der Waals surface area contributed by atoms with Gasteiger partial charge in [-0.15, -0.1) is 0 Å². The van der Waals surface area contributed by atoms with Crippen molar-refractivity contribution in [2.45, 2.75) is 33.2 Å². The fourth-order valence-corrected chi connectivity index (χ4v) is 1.96. The van der Waals surface area contributed by atoms with Crippen molar-refractivity contribution in [3.8, 4) is 0 Å². The molecule has 1 heterocycles. The van der Waals surface area contributed by atoms with Crippen LogP contribution >= 0.6 is 0 Å². The summed E-state index contributed by atoms with van der Waals surface area (Å²) in [5, 5.41) is 2.77. The van der Waals surface area contributed by atoms with E-state index in [4.69, 9.17) is 4.74 Å². The number of nitrogens with zero attached hydrogens (tertiary/aromatic N) is 1. The molecule has 1 N–H and O–H groups in total. The van der Waals surface area contributed by atoms with Gasteiger partial charge in [0.05, 0.1) is 19.8 Å². The first-order chi connectivity index (χ1) is 8.95. The summed E-state index contributed by atoms with van der Waals surface area (Å²) in [7, 11) is 0. The lowest BCUT2D eigenvalue weighted by molar-refractivity contribution is -0.146. The fourth-order valence-electron chi connectivity index (χ4n) is 1.96. The molecule has 5 nitrogen and oxygen atoms in total. The van der Waals surface area contributed by atoms with E-state index in [1.165, 1.54) is 0 Å². The van der Waals surface area contributed by atoms with Crippen LogP contribution in [0.25, 0.3) is 0 Å². The summed E-state index contributed by atoms with van der Waals surface area (Å²) < 4.78 is 5.38. The van der Waals surface area contributed by atoms with Gasteiger partial charge in [0.25, 0.3) is 0 Å². The van der Waals surface area contributed by atoms with E-state index in [-0.39, 0.29) is 24.3 Å². The molecule has 2 atom stereocenters. The number of nitrogens with one attached hydrogen (secondary N) is 1. The number of carbonyl (C=O) groups is 2. The molecule has 0 aromatic carbocycles. The zero-order chi connectivity index (χ0) is 14.4. The summed E-state index contributed by atoms with van der Waals surface area (Å²) in [6.07, 6.45) is 0.858. The van der Waals surface area contributed by atoms with Gasteiger partial charge in [-0.05, 0) is 12.8 Å². The quantitative estimate of drug-likeness (QED) is 0.552. The molecule has 0 aliphatic carbocycles. The lowest BCUT2D eigenvalue weighted by atomic mass is 9.96. The Labute approximate surface area is 115 Å². The van der Waals surface area contributed by atoms with Crippen LogP contribution in [0.2, 0.25) is 0 Å². The number of rotatable bonds is 7. The van der Waals surface area contributed by atoms with Crippen molar-refractivity contribution < 1.29 is 14.3 Å². The van der Waals surface area contributed by atoms with Crippen LogP contribution in [-0.4, -0.2) is 49.1 Å². The SMILES string of the molecule is C=C(C)COCCN1CC(=O)NC(C(C)CC)C1=O. The maximum Gasteiger partial charge on any atom is 0.245 e. The van der Waals surface area contributed by atoms with Crippen LogP contribution in [0.1, 0.15) is 27.2 Å². The highest BCUT2D eigenvalue weighted by molar-refractivity contribution is 5.95. The second-order valence-electron chi connectivity index (χ2n) is 5.20. The van der Waals surface area contributed by atoms with Crippen molar-refractivity contribution in [1.82, 2.24) is 10.2 Å². The predicted molar refractivity (Wildman–Crippen MR) is 73.6 cm³/mol. The minimum atomic E-state index is -0.396. The largest absolute Gasteiger partial charge is 0.375 e. The number of hydrogen-bond donors (Lipinski definition) is 1. The van der Waals surface area contributed by atoms with Gasteiger partial charge in [0.15, 0.2) is 0 Å². The molecule has 0 aromatic rings. The fraction of sp³-hybridized carbons (Fsp3) is 0.714. The minimum absolute atomic E-state index is 0.00660. The molecule has 19 heavy (non-hydrogen) atoms. The maximum atomic E-state index is 12.2. The number of amides is 2. The van der Waals surface area contributed by atoms with Crippen molar-refractivity contribution in [2.75, 3.05) is 26.3 Å². The molecule has 2 unspecified atom stereocenters. The maximum absolute atomic E-state index is 12.2. The van der Waals surface area contributed by atoms with E-state index in [1.54, 1.807) is 4.90 Å². The number of hydrogen-bond acceptors (Lipinski definition) is 3. The summed E-state index contributed by atoms with van der Waals surface area (Å²) >= 11 is 0. The third kappa shape index (κ3) is 4.67. The normalized spacial score (nSPS) is 21.2. The van der Waals surface area contributed by atoms with E-state index in [9.17, 15) is 9.59 Å². The first-order valence-corrected chi connectivity index (χ1v) is 6.76. The molecule has 0 bridgehead atoms. The highest BCUT2D eigenvalue weighted by Gasteiger charge is 2.34. The van der Waals surface area contributed by atoms with Gasteiger partial charge in [0, 0.05) is 6.54 Å². The van der Waals surface area contributed by atoms with E-state index in [1.807, 2.05) is 20.8 Å². The molecule has 1 saturated heterocycles. The first-order valence-electron chi connectivity index (χ1n) is 6.76. The Morgan fingerprint density at radius 1 is 1.58 bits per heavy atom. The average Bonchev–Trinajstić information content (AvgIpc) is 2.36. The summed E-state index contributed by atoms with van der Waals surface area (Å²) in [6, 6.07) is -0.396. The van der Waals surface area contributed by atoms with Crippen LogP contribution in [0, 0.1) is 5.92 Å². The van der Waals surface area contributed by atoms with Gasteiger partial charge in [-0.2, -0.15) is 0 Å². The van der Waals surface area contributed by atoms with Crippen molar-refractivity contribution in [1.29, 1.82) is 0 Å². The van der Waals surface area contributed by atoms with Gasteiger partial charge in [0.1, 0.15) is 6.04 Å². The van der Waals surface area contributed by atoms with Gasteiger partial charge in [-0.25, -0.2) is 0 Å². The Kier molecular flexibility index (Phi) is 6.02. The third-order valence-corrected chi connectivity index (χ3v) is 3.30. The predicted octanol–water partition coefficient (Wildman–Crippen LogP) is 0.952. The third-order valence-electron chi connectivity index (χ3n) is 3.30. The average molecular weight is 268 g/mol. The summed E-state index contributed by atoms with van der Waals surface area (Å²) in [6.45, 7) is 11.1. The molecule has 108 valence electrons. The Hall–Kier alpha value is -1.36. The standard InChI is InChI=1S/C14H24N2O3/c1-5-11(4)13-14(18)16(8-12(17)15-13)6-7-19-9-10(2)3/h11,13H,2,5-9H2,1,3-4H3,(H,15,17). The Morgan fingerprint density at radius 2 is 2.26 bits per heavy atom. The van der Waals surface area contributed by atoms with E-state index in [0.29, 0.717) is 19.8 Å².